The van der Waals surface area contributed by atoms with Gasteiger partial charge in [0.2, 0.25) is 5.91 Å². The predicted octanol–water partition coefficient (Wildman–Crippen LogP) is 2.91. The minimum absolute atomic E-state index is 0.159. The summed E-state index contributed by atoms with van der Waals surface area (Å²) in [6, 6.07) is 6.31. The van der Waals surface area contributed by atoms with Crippen molar-refractivity contribution in [2.24, 2.45) is 11.1 Å². The molecule has 2 aromatic rings. The summed E-state index contributed by atoms with van der Waals surface area (Å²) in [6.07, 6.45) is 1.19. The van der Waals surface area contributed by atoms with E-state index in [0.717, 1.165) is 11.3 Å². The summed E-state index contributed by atoms with van der Waals surface area (Å²) < 4.78 is 42.9. The zero-order valence-electron chi connectivity index (χ0n) is 15.4. The molecule has 1 aromatic carbocycles. The third kappa shape index (κ3) is 4.16. The van der Waals surface area contributed by atoms with E-state index in [2.05, 4.69) is 5.10 Å². The van der Waals surface area contributed by atoms with E-state index in [1.165, 1.54) is 15.6 Å². The number of rotatable bonds is 4. The number of carbonyl (C=O) groups excluding carboxylic acids is 1. The third-order valence-electron chi connectivity index (χ3n) is 4.72. The van der Waals surface area contributed by atoms with Crippen LogP contribution in [0.5, 0.6) is 0 Å². The molecule has 0 bridgehead atoms. The number of nitrogens with two attached hydrogens (primary N) is 1. The molecule has 0 fully saturated rings. The lowest BCUT2D eigenvalue weighted by Gasteiger charge is -2.30. The van der Waals surface area contributed by atoms with Gasteiger partial charge >= 0.3 is 0 Å². The summed E-state index contributed by atoms with van der Waals surface area (Å²) in [5.41, 5.74) is 6.51. The van der Waals surface area contributed by atoms with Crippen LogP contribution in [-0.4, -0.2) is 39.6 Å². The average Bonchev–Trinajstić information content (AvgIpc) is 2.89. The van der Waals surface area contributed by atoms with Crippen molar-refractivity contribution < 1.29 is 18.0 Å². The average molecular weight is 380 g/mol. The molecule has 2 N–H and O–H groups in total. The Balaban J connectivity index is 1.95. The first-order valence-corrected chi connectivity index (χ1v) is 8.78. The molecule has 0 spiro atoms. The Hall–Kier alpha value is -2.35. The highest BCUT2D eigenvalue weighted by Crippen LogP contribution is 2.33. The lowest BCUT2D eigenvalue weighted by molar-refractivity contribution is -0.140. The van der Waals surface area contributed by atoms with Crippen molar-refractivity contribution in [2.75, 3.05) is 13.1 Å². The van der Waals surface area contributed by atoms with E-state index in [9.17, 15) is 18.0 Å². The van der Waals surface area contributed by atoms with Crippen LogP contribution in [0, 0.1) is 11.2 Å². The monoisotopic (exact) mass is 380 g/mol. The summed E-state index contributed by atoms with van der Waals surface area (Å²) in [5.74, 6) is -4.28. The minimum atomic E-state index is -3.23. The van der Waals surface area contributed by atoms with Crippen LogP contribution < -0.4 is 5.73 Å². The van der Waals surface area contributed by atoms with Crippen LogP contribution in [0.25, 0.3) is 5.69 Å². The molecule has 0 saturated carbocycles. The maximum Gasteiger partial charge on any atom is 0.268 e. The van der Waals surface area contributed by atoms with Gasteiger partial charge in [-0.15, -0.1) is 0 Å². The van der Waals surface area contributed by atoms with E-state index in [1.54, 1.807) is 24.4 Å². The van der Waals surface area contributed by atoms with Gasteiger partial charge in [-0.05, 0) is 24.0 Å². The molecule has 0 saturated heterocycles. The van der Waals surface area contributed by atoms with Gasteiger partial charge in [0.25, 0.3) is 5.92 Å². The van der Waals surface area contributed by atoms with Crippen molar-refractivity contribution in [3.63, 3.8) is 0 Å². The first-order valence-electron chi connectivity index (χ1n) is 8.78. The number of nitrogens with zero attached hydrogens (tertiary/aromatic N) is 3. The number of hydrogen-bond acceptors (Lipinski definition) is 3. The zero-order valence-corrected chi connectivity index (χ0v) is 15.4. The summed E-state index contributed by atoms with van der Waals surface area (Å²) in [5, 5.41) is 4.29. The standard InChI is InChI=1S/C19H23F3N4O/c1-18(2)7-16-13(9-24-26(16)15-6-4-3-5-14(15)20)10-25(12-18)17(27)8-19(21,22)11-23/h3-6,9H,7-8,10-12,23H2,1-2H3. The summed E-state index contributed by atoms with van der Waals surface area (Å²) >= 11 is 0. The molecule has 1 aliphatic rings. The summed E-state index contributed by atoms with van der Waals surface area (Å²) in [4.78, 5) is 13.9. The predicted molar refractivity (Wildman–Crippen MR) is 95.0 cm³/mol. The van der Waals surface area contributed by atoms with Crippen molar-refractivity contribution in [1.29, 1.82) is 0 Å². The van der Waals surface area contributed by atoms with E-state index in [0.29, 0.717) is 18.7 Å². The van der Waals surface area contributed by atoms with Crippen molar-refractivity contribution in [3.8, 4) is 5.69 Å². The third-order valence-corrected chi connectivity index (χ3v) is 4.72. The van der Waals surface area contributed by atoms with E-state index in [4.69, 9.17) is 5.73 Å². The SMILES string of the molecule is CC1(C)Cc2c(cnn2-c2ccccc2F)CN(C(=O)CC(F)(F)CN)C1. The fourth-order valence-corrected chi connectivity index (χ4v) is 3.43. The molecule has 5 nitrogen and oxygen atoms in total. The molecule has 3 rings (SSSR count). The van der Waals surface area contributed by atoms with Crippen LogP contribution in [0.15, 0.2) is 30.5 Å². The number of alkyl halides is 2. The van der Waals surface area contributed by atoms with Crippen molar-refractivity contribution in [1.82, 2.24) is 14.7 Å². The fourth-order valence-electron chi connectivity index (χ4n) is 3.43. The first kappa shape index (κ1) is 19.4. The number of aromatic nitrogens is 2. The molecule has 0 atom stereocenters. The molecular formula is C19H23F3N4O. The lowest BCUT2D eigenvalue weighted by atomic mass is 9.87. The second kappa shape index (κ2) is 6.99. The first-order chi connectivity index (χ1) is 12.6. The Morgan fingerprint density at radius 3 is 2.70 bits per heavy atom. The van der Waals surface area contributed by atoms with Gasteiger partial charge in [0.05, 0.1) is 19.2 Å². The molecule has 1 amide bonds. The molecule has 27 heavy (non-hydrogen) atoms. The van der Waals surface area contributed by atoms with Gasteiger partial charge < -0.3 is 10.6 Å². The van der Waals surface area contributed by atoms with Gasteiger partial charge in [-0.1, -0.05) is 26.0 Å². The van der Waals surface area contributed by atoms with Crippen LogP contribution in [-0.2, 0) is 17.8 Å². The maximum atomic E-state index is 14.2. The van der Waals surface area contributed by atoms with Crippen molar-refractivity contribution in [2.45, 2.75) is 39.2 Å². The van der Waals surface area contributed by atoms with E-state index >= 15 is 0 Å². The number of halogens is 3. The highest BCUT2D eigenvalue weighted by Gasteiger charge is 2.37. The van der Waals surface area contributed by atoms with Crippen LogP contribution >= 0.6 is 0 Å². The maximum absolute atomic E-state index is 14.2. The van der Waals surface area contributed by atoms with Gasteiger partial charge in [0, 0.05) is 24.3 Å². The van der Waals surface area contributed by atoms with Crippen molar-refractivity contribution >= 4 is 5.91 Å². The van der Waals surface area contributed by atoms with Gasteiger partial charge in [-0.25, -0.2) is 17.9 Å². The summed E-state index contributed by atoms with van der Waals surface area (Å²) in [7, 11) is 0. The van der Waals surface area contributed by atoms with Crippen LogP contribution in [0.1, 0.15) is 31.5 Å². The molecular weight excluding hydrogens is 357 g/mol. The van der Waals surface area contributed by atoms with E-state index < -0.39 is 30.6 Å². The largest absolute Gasteiger partial charge is 0.338 e. The Morgan fingerprint density at radius 2 is 2.04 bits per heavy atom. The molecule has 0 unspecified atom stereocenters. The number of benzene rings is 1. The van der Waals surface area contributed by atoms with E-state index in [1.807, 2.05) is 13.8 Å². The van der Waals surface area contributed by atoms with Crippen LogP contribution in [0.3, 0.4) is 0 Å². The molecule has 0 radical (unpaired) electrons. The quantitative estimate of drug-likeness (QED) is 0.887. The highest BCUT2D eigenvalue weighted by atomic mass is 19.3. The normalized spacial score (nSPS) is 16.7. The van der Waals surface area contributed by atoms with Crippen LogP contribution in [0.2, 0.25) is 0 Å². The molecule has 8 heteroatoms. The Morgan fingerprint density at radius 1 is 1.33 bits per heavy atom. The van der Waals surface area contributed by atoms with E-state index in [-0.39, 0.29) is 12.0 Å². The molecule has 1 aliphatic heterocycles. The summed E-state index contributed by atoms with van der Waals surface area (Å²) in [6.45, 7) is 3.50. The molecule has 2 heterocycles. The Labute approximate surface area is 155 Å². The Kier molecular flexibility index (Phi) is 5.03. The fraction of sp³-hybridized carbons (Fsp3) is 0.474. The van der Waals surface area contributed by atoms with Gasteiger partial charge in [0.15, 0.2) is 0 Å². The molecule has 146 valence electrons. The molecule has 1 aromatic heterocycles. The Bertz CT molecular complexity index is 847. The number of fused-ring (bicyclic) bond motifs is 1. The minimum Gasteiger partial charge on any atom is -0.338 e. The van der Waals surface area contributed by atoms with Crippen molar-refractivity contribution in [3.05, 3.63) is 47.5 Å². The lowest BCUT2D eigenvalue weighted by Crippen LogP contribution is -2.41. The number of para-hydroxylation sites is 1. The number of carbonyl (C=O) groups is 1. The topological polar surface area (TPSA) is 64.2 Å². The number of hydrogen-bond donors (Lipinski definition) is 1. The second-order valence-electron chi connectivity index (χ2n) is 7.81. The van der Waals surface area contributed by atoms with Gasteiger partial charge in [0.1, 0.15) is 11.5 Å². The smallest absolute Gasteiger partial charge is 0.268 e. The second-order valence-corrected chi connectivity index (χ2v) is 7.81. The zero-order chi connectivity index (χ0) is 19.8. The molecule has 0 aliphatic carbocycles. The highest BCUT2D eigenvalue weighted by molar-refractivity contribution is 5.77. The van der Waals surface area contributed by atoms with Gasteiger partial charge in [-0.2, -0.15) is 5.10 Å². The van der Waals surface area contributed by atoms with Crippen LogP contribution in [0.4, 0.5) is 13.2 Å². The number of amides is 1. The van der Waals surface area contributed by atoms with Gasteiger partial charge in [-0.3, -0.25) is 4.79 Å².